The topological polar surface area (TPSA) is 57.3 Å². The van der Waals surface area contributed by atoms with Gasteiger partial charge < -0.3 is 15.5 Å². The van der Waals surface area contributed by atoms with Crippen molar-refractivity contribution in [2.24, 2.45) is 0 Å². The molecule has 2 amide bonds. The van der Waals surface area contributed by atoms with Gasteiger partial charge in [0, 0.05) is 34.7 Å². The number of benzene rings is 1. The highest BCUT2D eigenvalue weighted by Crippen LogP contribution is 2.23. The van der Waals surface area contributed by atoms with Crippen molar-refractivity contribution in [3.8, 4) is 0 Å². The molecule has 7 heteroatoms. The third kappa shape index (κ3) is 4.19. The number of halogens is 1. The number of hydrogen-bond donors (Lipinski definition) is 2. The van der Waals surface area contributed by atoms with Crippen LogP contribution < -0.4 is 15.5 Å². The van der Waals surface area contributed by atoms with E-state index in [1.54, 1.807) is 11.3 Å². The smallest absolute Gasteiger partial charge is 0.315 e. The third-order valence-corrected chi connectivity index (χ3v) is 5.48. The van der Waals surface area contributed by atoms with Crippen LogP contribution in [0.3, 0.4) is 0 Å². The standard InChI is InChI=1S/C17H21ClN4OS/c1-11-12(2)24-16(20-11)9-19-17(23)21-14-6-7-22(10-14)15-5-3-4-13(18)8-15/h3-5,8,14H,6-7,9-10H2,1-2H3,(H2,19,21,23). The van der Waals surface area contributed by atoms with E-state index in [4.69, 9.17) is 11.6 Å². The summed E-state index contributed by atoms with van der Waals surface area (Å²) in [6.45, 7) is 6.20. The van der Waals surface area contributed by atoms with Gasteiger partial charge in [0.2, 0.25) is 0 Å². The van der Waals surface area contributed by atoms with Crippen LogP contribution in [0.5, 0.6) is 0 Å². The lowest BCUT2D eigenvalue weighted by molar-refractivity contribution is 0.237. The van der Waals surface area contributed by atoms with E-state index in [-0.39, 0.29) is 12.1 Å². The number of thiazole rings is 1. The van der Waals surface area contributed by atoms with Gasteiger partial charge in [0.1, 0.15) is 5.01 Å². The van der Waals surface area contributed by atoms with Crippen molar-refractivity contribution in [1.29, 1.82) is 0 Å². The minimum absolute atomic E-state index is 0.140. The minimum Gasteiger partial charge on any atom is -0.369 e. The molecular weight excluding hydrogens is 344 g/mol. The van der Waals surface area contributed by atoms with Gasteiger partial charge in [-0.15, -0.1) is 11.3 Å². The summed E-state index contributed by atoms with van der Waals surface area (Å²) < 4.78 is 0. The molecule has 0 bridgehead atoms. The molecule has 0 aliphatic carbocycles. The first kappa shape index (κ1) is 17.0. The van der Waals surface area contributed by atoms with Gasteiger partial charge in [0.05, 0.1) is 12.2 Å². The minimum atomic E-state index is -0.140. The molecule has 24 heavy (non-hydrogen) atoms. The molecule has 0 spiro atoms. The third-order valence-electron chi connectivity index (χ3n) is 4.17. The Kier molecular flexibility index (Phi) is 5.26. The largest absolute Gasteiger partial charge is 0.369 e. The zero-order valence-electron chi connectivity index (χ0n) is 13.8. The van der Waals surface area contributed by atoms with E-state index in [0.29, 0.717) is 6.54 Å². The first-order valence-corrected chi connectivity index (χ1v) is 9.18. The summed E-state index contributed by atoms with van der Waals surface area (Å²) in [4.78, 5) is 19.9. The zero-order valence-corrected chi connectivity index (χ0v) is 15.4. The molecule has 2 heterocycles. The van der Waals surface area contributed by atoms with Crippen LogP contribution in [0.15, 0.2) is 24.3 Å². The molecule has 1 aliphatic rings. The number of carbonyl (C=O) groups excluding carboxylic acids is 1. The van der Waals surface area contributed by atoms with Crippen LogP contribution in [-0.2, 0) is 6.54 Å². The molecule has 2 N–H and O–H groups in total. The second-order valence-electron chi connectivity index (χ2n) is 5.99. The maximum Gasteiger partial charge on any atom is 0.315 e. The Morgan fingerprint density at radius 1 is 1.46 bits per heavy atom. The number of anilines is 1. The highest BCUT2D eigenvalue weighted by Gasteiger charge is 2.24. The van der Waals surface area contributed by atoms with Gasteiger partial charge in [-0.3, -0.25) is 0 Å². The molecule has 0 radical (unpaired) electrons. The Labute approximate surface area is 151 Å². The van der Waals surface area contributed by atoms with E-state index in [1.165, 1.54) is 4.88 Å². The van der Waals surface area contributed by atoms with Crippen LogP contribution in [0.1, 0.15) is 22.0 Å². The molecule has 1 saturated heterocycles. The predicted octanol–water partition coefficient (Wildman–Crippen LogP) is 3.49. The quantitative estimate of drug-likeness (QED) is 0.873. The Morgan fingerprint density at radius 3 is 3.00 bits per heavy atom. The molecular formula is C17H21ClN4OS. The number of aromatic nitrogens is 1. The average Bonchev–Trinajstić information content (AvgIpc) is 3.13. The van der Waals surface area contributed by atoms with E-state index in [9.17, 15) is 4.79 Å². The molecule has 1 unspecified atom stereocenters. The van der Waals surface area contributed by atoms with E-state index in [2.05, 4.69) is 20.5 Å². The fourth-order valence-corrected chi connectivity index (χ4v) is 3.85. The normalized spacial score (nSPS) is 17.1. The summed E-state index contributed by atoms with van der Waals surface area (Å²) in [5.74, 6) is 0. The van der Waals surface area contributed by atoms with Crippen molar-refractivity contribution < 1.29 is 4.79 Å². The van der Waals surface area contributed by atoms with Crippen LogP contribution >= 0.6 is 22.9 Å². The Hall–Kier alpha value is -1.79. The summed E-state index contributed by atoms with van der Waals surface area (Å²) in [5.41, 5.74) is 2.13. The van der Waals surface area contributed by atoms with Crippen molar-refractivity contribution in [1.82, 2.24) is 15.6 Å². The predicted molar refractivity (Wildman–Crippen MR) is 99.0 cm³/mol. The summed E-state index contributed by atoms with van der Waals surface area (Å²) >= 11 is 7.67. The van der Waals surface area contributed by atoms with Crippen LogP contribution in [-0.4, -0.2) is 30.1 Å². The SMILES string of the molecule is Cc1nc(CNC(=O)NC2CCN(c3cccc(Cl)c3)C2)sc1C. The number of carbonyl (C=O) groups is 1. The van der Waals surface area contributed by atoms with Crippen LogP contribution in [0.2, 0.25) is 5.02 Å². The lowest BCUT2D eigenvalue weighted by Crippen LogP contribution is -2.43. The molecule has 128 valence electrons. The maximum absolute atomic E-state index is 12.1. The number of hydrogen-bond acceptors (Lipinski definition) is 4. The Bertz CT molecular complexity index is 714. The molecule has 1 fully saturated rings. The summed E-state index contributed by atoms with van der Waals surface area (Å²) in [6, 6.07) is 7.82. The highest BCUT2D eigenvalue weighted by atomic mass is 35.5. The van der Waals surface area contributed by atoms with Crippen molar-refractivity contribution in [2.75, 3.05) is 18.0 Å². The molecule has 5 nitrogen and oxygen atoms in total. The number of rotatable bonds is 4. The van der Waals surface area contributed by atoms with E-state index in [0.717, 1.165) is 40.9 Å². The van der Waals surface area contributed by atoms with Gasteiger partial charge in [-0.2, -0.15) is 0 Å². The number of nitrogens with one attached hydrogen (secondary N) is 2. The van der Waals surface area contributed by atoms with Gasteiger partial charge in [0.15, 0.2) is 0 Å². The summed E-state index contributed by atoms with van der Waals surface area (Å²) in [5, 5.41) is 7.59. The van der Waals surface area contributed by atoms with Crippen molar-refractivity contribution in [3.05, 3.63) is 44.9 Å². The average molecular weight is 365 g/mol. The second-order valence-corrected chi connectivity index (χ2v) is 7.71. The van der Waals surface area contributed by atoms with Crippen molar-refractivity contribution in [2.45, 2.75) is 32.9 Å². The molecule has 1 atom stereocenters. The van der Waals surface area contributed by atoms with Crippen molar-refractivity contribution >= 4 is 34.7 Å². The van der Waals surface area contributed by atoms with E-state index in [1.807, 2.05) is 38.1 Å². The van der Waals surface area contributed by atoms with Crippen LogP contribution in [0.4, 0.5) is 10.5 Å². The number of nitrogens with zero attached hydrogens (tertiary/aromatic N) is 2. The molecule has 1 aromatic carbocycles. The van der Waals surface area contributed by atoms with E-state index < -0.39 is 0 Å². The molecule has 0 saturated carbocycles. The lowest BCUT2D eigenvalue weighted by Gasteiger charge is -2.19. The summed E-state index contributed by atoms with van der Waals surface area (Å²) in [6.07, 6.45) is 0.926. The first-order chi connectivity index (χ1) is 11.5. The number of amides is 2. The molecule has 1 aromatic heterocycles. The van der Waals surface area contributed by atoms with Crippen LogP contribution in [0.25, 0.3) is 0 Å². The van der Waals surface area contributed by atoms with Gasteiger partial charge in [0.25, 0.3) is 0 Å². The van der Waals surface area contributed by atoms with E-state index >= 15 is 0 Å². The molecule has 3 rings (SSSR count). The summed E-state index contributed by atoms with van der Waals surface area (Å²) in [7, 11) is 0. The fourth-order valence-electron chi connectivity index (χ4n) is 2.79. The van der Waals surface area contributed by atoms with Gasteiger partial charge in [-0.05, 0) is 38.5 Å². The monoisotopic (exact) mass is 364 g/mol. The second kappa shape index (κ2) is 7.40. The number of aryl methyl sites for hydroxylation is 2. The molecule has 1 aliphatic heterocycles. The van der Waals surface area contributed by atoms with Crippen molar-refractivity contribution in [3.63, 3.8) is 0 Å². The van der Waals surface area contributed by atoms with Gasteiger partial charge in [-0.1, -0.05) is 17.7 Å². The van der Waals surface area contributed by atoms with Gasteiger partial charge >= 0.3 is 6.03 Å². The zero-order chi connectivity index (χ0) is 17.1. The Morgan fingerprint density at radius 2 is 2.29 bits per heavy atom. The number of urea groups is 1. The lowest BCUT2D eigenvalue weighted by atomic mass is 10.3. The highest BCUT2D eigenvalue weighted by molar-refractivity contribution is 7.11. The van der Waals surface area contributed by atoms with Crippen LogP contribution in [0, 0.1) is 13.8 Å². The first-order valence-electron chi connectivity index (χ1n) is 7.99. The van der Waals surface area contributed by atoms with Gasteiger partial charge in [-0.25, -0.2) is 9.78 Å². The fraction of sp³-hybridized carbons (Fsp3) is 0.412. The molecule has 2 aromatic rings. The Balaban J connectivity index is 1.47. The maximum atomic E-state index is 12.1.